The topological polar surface area (TPSA) is 90.8 Å². The van der Waals surface area contributed by atoms with Crippen LogP contribution in [-0.2, 0) is 9.53 Å². The van der Waals surface area contributed by atoms with E-state index in [4.69, 9.17) is 9.15 Å². The van der Waals surface area contributed by atoms with Crippen LogP contribution < -0.4 is 5.11 Å². The second-order valence-electron chi connectivity index (χ2n) is 11.3. The quantitative estimate of drug-likeness (QED) is 0.101. The number of allylic oxidation sites excluding steroid dienone is 2. The zero-order valence-corrected chi connectivity index (χ0v) is 25.1. The van der Waals surface area contributed by atoms with Gasteiger partial charge in [0.2, 0.25) is 17.6 Å². The van der Waals surface area contributed by atoms with Gasteiger partial charge in [-0.25, -0.2) is 9.98 Å². The molecule has 0 spiro atoms. The van der Waals surface area contributed by atoms with Crippen molar-refractivity contribution in [2.24, 2.45) is 4.99 Å². The third-order valence-electron chi connectivity index (χ3n) is 8.10. The Labute approximate surface area is 245 Å². The van der Waals surface area contributed by atoms with E-state index in [-0.39, 0.29) is 22.9 Å². The van der Waals surface area contributed by atoms with Gasteiger partial charge in [-0.05, 0) is 25.5 Å². The second kappa shape index (κ2) is 16.3. The van der Waals surface area contributed by atoms with E-state index in [9.17, 15) is 9.90 Å². The molecular weight excluding hydrogens is 514 g/mol. The number of oxazole rings is 1. The Bertz CT molecular complexity index is 1250. The van der Waals surface area contributed by atoms with Crippen molar-refractivity contribution in [2.45, 2.75) is 117 Å². The lowest BCUT2D eigenvalue weighted by Crippen LogP contribution is -2.31. The standard InChI is InChI=1S/C34H47N3O4/c1-3-5-6-7-8-9-10-11-12-13-14-15-16-17-18-21-24-37(4-2)28-25-35-33(41-28)29-31(38)30(32(29)39)34-36-26-22-19-20-23-27(26)40-34/h19-20,22-23,25H,3-18,21,24H2,1-2H3. The summed E-state index contributed by atoms with van der Waals surface area (Å²) in [7, 11) is 0. The van der Waals surface area contributed by atoms with Crippen molar-refractivity contribution in [3.63, 3.8) is 0 Å². The number of Topliss-reactive ketones (excluding diaryl/α,β-unsaturated/α-hetero) is 1. The number of carbonyl (C=O) groups is 1. The highest BCUT2D eigenvalue weighted by atomic mass is 16.5. The summed E-state index contributed by atoms with van der Waals surface area (Å²) in [5.41, 5.74) is 1.06. The first-order valence-corrected chi connectivity index (χ1v) is 16.0. The minimum atomic E-state index is -0.434. The number of ketones is 1. The van der Waals surface area contributed by atoms with Gasteiger partial charge in [-0.15, -0.1) is 0 Å². The first-order valence-electron chi connectivity index (χ1n) is 16.0. The number of para-hydroxylation sites is 2. The van der Waals surface area contributed by atoms with Gasteiger partial charge in [-0.3, -0.25) is 4.79 Å². The highest BCUT2D eigenvalue weighted by Crippen LogP contribution is 2.38. The molecule has 0 atom stereocenters. The average molecular weight is 562 g/mol. The molecule has 2 heterocycles. The highest BCUT2D eigenvalue weighted by Gasteiger charge is 2.37. The highest BCUT2D eigenvalue weighted by molar-refractivity contribution is 6.38. The molecule has 0 amide bonds. The number of aromatic nitrogens is 1. The summed E-state index contributed by atoms with van der Waals surface area (Å²) < 4.78 is 13.6. The summed E-state index contributed by atoms with van der Waals surface area (Å²) in [5.74, 6) is -0.158. The number of hydrogen-bond donors (Lipinski definition) is 0. The van der Waals surface area contributed by atoms with Crippen molar-refractivity contribution >= 4 is 34.6 Å². The predicted octanol–water partition coefficient (Wildman–Crippen LogP) is 7.49. The van der Waals surface area contributed by atoms with Crippen LogP contribution >= 0.6 is 0 Å². The number of unbranched alkanes of at least 4 members (excludes halogenated alkanes) is 15. The summed E-state index contributed by atoms with van der Waals surface area (Å²) in [5, 5.41) is 12.8. The Morgan fingerprint density at radius 3 is 1.93 bits per heavy atom. The van der Waals surface area contributed by atoms with Crippen molar-refractivity contribution < 1.29 is 23.6 Å². The Morgan fingerprint density at radius 2 is 1.37 bits per heavy atom. The van der Waals surface area contributed by atoms with Gasteiger partial charge in [0.1, 0.15) is 24.8 Å². The van der Waals surface area contributed by atoms with E-state index < -0.39 is 11.5 Å². The Kier molecular flexibility index (Phi) is 12.2. The van der Waals surface area contributed by atoms with Crippen molar-refractivity contribution in [3.8, 4) is 0 Å². The molecule has 0 radical (unpaired) electrons. The Hall–Kier alpha value is -3.22. The molecule has 7 nitrogen and oxygen atoms in total. The summed E-state index contributed by atoms with van der Waals surface area (Å²) in [6.45, 7) is 5.98. The van der Waals surface area contributed by atoms with E-state index in [1.807, 2.05) is 12.1 Å². The lowest BCUT2D eigenvalue weighted by atomic mass is 9.88. The number of ether oxygens (including phenoxy) is 1. The summed E-state index contributed by atoms with van der Waals surface area (Å²) in [6, 6.07) is 7.18. The van der Waals surface area contributed by atoms with Crippen LogP contribution in [0.3, 0.4) is 0 Å². The van der Waals surface area contributed by atoms with Gasteiger partial charge in [0.15, 0.2) is 5.58 Å². The molecule has 1 aromatic heterocycles. The van der Waals surface area contributed by atoms with Gasteiger partial charge in [0, 0.05) is 6.42 Å². The normalized spacial score (nSPS) is 18.0. The maximum atomic E-state index is 12.8. The number of hydrogen-bond acceptors (Lipinski definition) is 6. The number of rotatable bonds is 19. The SMILES string of the molecule is CCCCCCCCCCCCCCCCCC[N+](CC)=C1C=N/C(=C2/C(=O)C(c3nc4ccccc4o3)=C2[O-])O1. The molecule has 0 unspecified atom stereocenters. The second-order valence-corrected chi connectivity index (χ2v) is 11.3. The minimum Gasteiger partial charge on any atom is -0.871 e. The van der Waals surface area contributed by atoms with Crippen LogP contribution in [0.15, 0.2) is 50.9 Å². The largest absolute Gasteiger partial charge is 0.871 e. The Morgan fingerprint density at radius 1 is 0.780 bits per heavy atom. The van der Waals surface area contributed by atoms with Gasteiger partial charge < -0.3 is 14.3 Å². The van der Waals surface area contributed by atoms with Crippen LogP contribution in [-0.4, -0.2) is 40.5 Å². The molecule has 0 fully saturated rings. The summed E-state index contributed by atoms with van der Waals surface area (Å²) in [4.78, 5) is 21.4. The smallest absolute Gasteiger partial charge is 0.388 e. The molecule has 0 bridgehead atoms. The van der Waals surface area contributed by atoms with Crippen LogP contribution in [0, 0.1) is 0 Å². The molecule has 2 aromatic rings. The summed E-state index contributed by atoms with van der Waals surface area (Å²) in [6.07, 6.45) is 23.1. The first kappa shape index (κ1) is 30.7. The zero-order valence-electron chi connectivity index (χ0n) is 25.1. The van der Waals surface area contributed by atoms with Gasteiger partial charge in [0.25, 0.3) is 0 Å². The maximum absolute atomic E-state index is 12.8. The van der Waals surface area contributed by atoms with Crippen LogP contribution in [0.2, 0.25) is 0 Å². The van der Waals surface area contributed by atoms with E-state index in [0.717, 1.165) is 19.5 Å². The number of benzene rings is 1. The van der Waals surface area contributed by atoms with Crippen LogP contribution in [0.25, 0.3) is 16.7 Å². The number of nitrogens with zero attached hydrogens (tertiary/aromatic N) is 3. The third-order valence-corrected chi connectivity index (χ3v) is 8.10. The molecule has 1 aromatic carbocycles. The zero-order chi connectivity index (χ0) is 28.9. The molecule has 222 valence electrons. The van der Waals surface area contributed by atoms with Crippen molar-refractivity contribution in [1.82, 2.24) is 4.98 Å². The fourth-order valence-corrected chi connectivity index (χ4v) is 5.56. The number of aliphatic imine (C=N–C) groups is 1. The fourth-order valence-electron chi connectivity index (χ4n) is 5.56. The van der Waals surface area contributed by atoms with Gasteiger partial charge in [-0.1, -0.05) is 115 Å². The monoisotopic (exact) mass is 561 g/mol. The van der Waals surface area contributed by atoms with Gasteiger partial charge in [-0.2, -0.15) is 4.58 Å². The minimum absolute atomic E-state index is 0.0352. The van der Waals surface area contributed by atoms with Gasteiger partial charge in [0.05, 0.1) is 11.1 Å². The van der Waals surface area contributed by atoms with E-state index in [1.165, 1.54) is 96.3 Å². The number of fused-ring (bicyclic) bond motifs is 1. The Balaban J connectivity index is 1.12. The van der Waals surface area contributed by atoms with Crippen LogP contribution in [0.4, 0.5) is 0 Å². The molecule has 0 saturated carbocycles. The maximum Gasteiger partial charge on any atom is 0.388 e. The van der Waals surface area contributed by atoms with Crippen molar-refractivity contribution in [1.29, 1.82) is 0 Å². The lowest BCUT2D eigenvalue weighted by Gasteiger charge is -2.28. The van der Waals surface area contributed by atoms with Crippen LogP contribution in [0.1, 0.15) is 122 Å². The summed E-state index contributed by atoms with van der Waals surface area (Å²) >= 11 is 0. The lowest BCUT2D eigenvalue weighted by molar-refractivity contribution is -0.530. The molecule has 0 N–H and O–H groups in total. The fraction of sp³-hybridized carbons (Fsp3) is 0.588. The number of carbonyl (C=O) groups excluding carboxylic acids is 1. The van der Waals surface area contributed by atoms with E-state index >= 15 is 0 Å². The predicted molar refractivity (Wildman–Crippen MR) is 163 cm³/mol. The molecule has 2 aliphatic rings. The van der Waals surface area contributed by atoms with Crippen molar-refractivity contribution in [3.05, 3.63) is 47.4 Å². The van der Waals surface area contributed by atoms with E-state index in [0.29, 0.717) is 17.0 Å². The molecule has 4 rings (SSSR count). The van der Waals surface area contributed by atoms with E-state index in [1.54, 1.807) is 18.3 Å². The average Bonchev–Trinajstić information content (AvgIpc) is 3.62. The molecule has 41 heavy (non-hydrogen) atoms. The third kappa shape index (κ3) is 8.40. The molecule has 7 heteroatoms. The molecule has 0 saturated heterocycles. The molecule has 1 aliphatic carbocycles. The van der Waals surface area contributed by atoms with Crippen LogP contribution in [0.5, 0.6) is 0 Å². The molecule has 1 aliphatic heterocycles. The molecular formula is C34H47N3O4. The first-order chi connectivity index (χ1) is 20.1. The van der Waals surface area contributed by atoms with Crippen molar-refractivity contribution in [2.75, 3.05) is 13.1 Å². The van der Waals surface area contributed by atoms with Gasteiger partial charge >= 0.3 is 5.90 Å². The van der Waals surface area contributed by atoms with E-state index in [2.05, 4.69) is 28.4 Å².